The van der Waals surface area contributed by atoms with Crippen molar-refractivity contribution in [3.63, 3.8) is 0 Å². The van der Waals surface area contributed by atoms with Gasteiger partial charge in [-0.3, -0.25) is 0 Å². The Kier molecular flexibility index (Phi) is 4.09. The van der Waals surface area contributed by atoms with Crippen LogP contribution in [0.25, 0.3) is 11.3 Å². The molecule has 112 valence electrons. The summed E-state index contributed by atoms with van der Waals surface area (Å²) in [6.07, 6.45) is -4.44. The first-order chi connectivity index (χ1) is 9.72. The van der Waals surface area contributed by atoms with Crippen molar-refractivity contribution in [3.8, 4) is 17.0 Å². The van der Waals surface area contributed by atoms with E-state index in [1.54, 1.807) is 6.07 Å². The fourth-order valence-electron chi connectivity index (χ4n) is 2.28. The van der Waals surface area contributed by atoms with Crippen molar-refractivity contribution in [3.05, 3.63) is 45.6 Å². The zero-order valence-electron chi connectivity index (χ0n) is 11.8. The maximum absolute atomic E-state index is 12.9. The summed E-state index contributed by atoms with van der Waals surface area (Å²) in [6.45, 7) is 3.72. The molecule has 0 aliphatic carbocycles. The molecule has 0 spiro atoms. The number of nitrogens with one attached hydrogen (secondary N) is 1. The summed E-state index contributed by atoms with van der Waals surface area (Å²) in [5, 5.41) is 0. The maximum Gasteiger partial charge on any atom is 0.416 e. The van der Waals surface area contributed by atoms with Crippen LogP contribution in [0.15, 0.2) is 24.3 Å². The minimum atomic E-state index is -4.44. The molecule has 0 amide bonds. The second kappa shape index (κ2) is 5.52. The summed E-state index contributed by atoms with van der Waals surface area (Å²) in [6, 6.07) is 5.62. The van der Waals surface area contributed by atoms with Gasteiger partial charge >= 0.3 is 6.18 Å². The third kappa shape index (κ3) is 3.26. The molecule has 0 fully saturated rings. The van der Waals surface area contributed by atoms with Crippen molar-refractivity contribution in [1.29, 1.82) is 0 Å². The number of pyridine rings is 1. The Morgan fingerprint density at radius 3 is 2.33 bits per heavy atom. The van der Waals surface area contributed by atoms with Gasteiger partial charge < -0.3 is 9.72 Å². The Bertz CT molecular complexity index is 735. The van der Waals surface area contributed by atoms with Gasteiger partial charge in [0.25, 0.3) is 0 Å². The van der Waals surface area contributed by atoms with Crippen molar-refractivity contribution in [2.45, 2.75) is 20.0 Å². The molecule has 2 rings (SSSR count). The van der Waals surface area contributed by atoms with Crippen LogP contribution in [0.5, 0.6) is 5.75 Å². The van der Waals surface area contributed by atoms with Crippen molar-refractivity contribution >= 4 is 12.2 Å². The molecule has 21 heavy (non-hydrogen) atoms. The van der Waals surface area contributed by atoms with Gasteiger partial charge in [-0.2, -0.15) is 13.2 Å². The highest BCUT2D eigenvalue weighted by Crippen LogP contribution is 2.36. The lowest BCUT2D eigenvalue weighted by Gasteiger charge is -2.15. The molecule has 2 nitrogen and oxygen atoms in total. The third-order valence-electron chi connectivity index (χ3n) is 3.10. The average Bonchev–Trinajstić information content (AvgIpc) is 2.35. The Hall–Kier alpha value is -1.82. The highest BCUT2D eigenvalue weighted by Gasteiger charge is 2.31. The van der Waals surface area contributed by atoms with Gasteiger partial charge in [0.1, 0.15) is 10.4 Å². The molecule has 1 N–H and O–H groups in total. The quantitative estimate of drug-likeness (QED) is 0.784. The minimum absolute atomic E-state index is 0.0295. The van der Waals surface area contributed by atoms with Crippen LogP contribution in [0, 0.1) is 18.5 Å². The van der Waals surface area contributed by atoms with E-state index in [4.69, 9.17) is 17.0 Å². The SMILES string of the molecule is COc1cc(C)cc(C)c1-c1cc(C(F)(F)F)cc(=S)[nH]1. The first-order valence-corrected chi connectivity index (χ1v) is 6.60. The highest BCUT2D eigenvalue weighted by molar-refractivity contribution is 7.71. The molecule has 0 aliphatic rings. The third-order valence-corrected chi connectivity index (χ3v) is 3.32. The lowest BCUT2D eigenvalue weighted by atomic mass is 10.00. The monoisotopic (exact) mass is 313 g/mol. The number of aryl methyl sites for hydroxylation is 2. The molecule has 6 heteroatoms. The predicted molar refractivity (Wildman–Crippen MR) is 78.1 cm³/mol. The minimum Gasteiger partial charge on any atom is -0.496 e. The van der Waals surface area contributed by atoms with Crippen molar-refractivity contribution in [2.24, 2.45) is 0 Å². The Labute approximate surface area is 125 Å². The number of aromatic nitrogens is 1. The van der Waals surface area contributed by atoms with E-state index in [9.17, 15) is 13.2 Å². The standard InChI is InChI=1S/C15H14F3NOS/c1-8-4-9(2)14(12(5-8)20-3)11-6-10(15(16,17)18)7-13(21)19-11/h4-7H,1-3H3,(H,19,21). The summed E-state index contributed by atoms with van der Waals surface area (Å²) in [5.74, 6) is 0.512. The van der Waals surface area contributed by atoms with Crippen molar-refractivity contribution in [2.75, 3.05) is 7.11 Å². The lowest BCUT2D eigenvalue weighted by Crippen LogP contribution is -2.06. The Morgan fingerprint density at radius 2 is 1.76 bits per heavy atom. The maximum atomic E-state index is 12.9. The van der Waals surface area contributed by atoms with Crippen LogP contribution in [0.2, 0.25) is 0 Å². The normalized spacial score (nSPS) is 11.5. The molecule has 0 saturated carbocycles. The lowest BCUT2D eigenvalue weighted by molar-refractivity contribution is -0.137. The van der Waals surface area contributed by atoms with Crippen LogP contribution in [0.1, 0.15) is 16.7 Å². The molecule has 0 aliphatic heterocycles. The van der Waals surface area contributed by atoms with E-state index in [1.807, 2.05) is 19.9 Å². The summed E-state index contributed by atoms with van der Waals surface area (Å²) < 4.78 is 44.1. The number of methoxy groups -OCH3 is 1. The van der Waals surface area contributed by atoms with Gasteiger partial charge in [0.2, 0.25) is 0 Å². The first kappa shape index (κ1) is 15.6. The Morgan fingerprint density at radius 1 is 1.10 bits per heavy atom. The van der Waals surface area contributed by atoms with Crippen LogP contribution in [0.4, 0.5) is 13.2 Å². The number of hydrogen-bond acceptors (Lipinski definition) is 2. The fraction of sp³-hybridized carbons (Fsp3) is 0.267. The number of rotatable bonds is 2. The van der Waals surface area contributed by atoms with E-state index in [1.165, 1.54) is 7.11 Å². The van der Waals surface area contributed by atoms with E-state index in [-0.39, 0.29) is 4.64 Å². The molecule has 0 unspecified atom stereocenters. The predicted octanol–water partition coefficient (Wildman–Crippen LogP) is 5.06. The van der Waals surface area contributed by atoms with Gasteiger partial charge in [-0.25, -0.2) is 0 Å². The largest absolute Gasteiger partial charge is 0.496 e. The van der Waals surface area contributed by atoms with Crippen LogP contribution in [0.3, 0.4) is 0 Å². The molecule has 2 aromatic rings. The number of halogens is 3. The van der Waals surface area contributed by atoms with Gasteiger partial charge in [-0.1, -0.05) is 18.3 Å². The molecule has 0 bridgehead atoms. The van der Waals surface area contributed by atoms with Crippen LogP contribution in [-0.2, 0) is 6.18 Å². The number of alkyl halides is 3. The summed E-state index contributed by atoms with van der Waals surface area (Å²) >= 11 is 4.91. The van der Waals surface area contributed by atoms with Crippen LogP contribution >= 0.6 is 12.2 Å². The fourth-order valence-corrected chi connectivity index (χ4v) is 2.51. The molecule has 1 aromatic heterocycles. The summed E-state index contributed by atoms with van der Waals surface area (Å²) in [4.78, 5) is 2.81. The van der Waals surface area contributed by atoms with Crippen LogP contribution in [-0.4, -0.2) is 12.1 Å². The molecule has 1 heterocycles. The number of aromatic amines is 1. The number of ether oxygens (including phenoxy) is 1. The van der Waals surface area contributed by atoms with Crippen LogP contribution < -0.4 is 4.74 Å². The van der Waals surface area contributed by atoms with Gasteiger partial charge in [0, 0.05) is 5.56 Å². The summed E-state index contributed by atoms with van der Waals surface area (Å²) in [5.41, 5.74) is 1.89. The Balaban J connectivity index is 2.74. The van der Waals surface area contributed by atoms with Crippen molar-refractivity contribution in [1.82, 2.24) is 4.98 Å². The molecular weight excluding hydrogens is 299 g/mol. The smallest absolute Gasteiger partial charge is 0.416 e. The highest BCUT2D eigenvalue weighted by atomic mass is 32.1. The topological polar surface area (TPSA) is 25.0 Å². The average molecular weight is 313 g/mol. The molecule has 1 aromatic carbocycles. The summed E-state index contributed by atoms with van der Waals surface area (Å²) in [7, 11) is 1.49. The van der Waals surface area contributed by atoms with Gasteiger partial charge in [-0.05, 0) is 43.2 Å². The van der Waals surface area contributed by atoms with E-state index >= 15 is 0 Å². The first-order valence-electron chi connectivity index (χ1n) is 6.19. The second-order valence-corrected chi connectivity index (χ2v) is 5.24. The van der Waals surface area contributed by atoms with E-state index < -0.39 is 11.7 Å². The second-order valence-electron chi connectivity index (χ2n) is 4.80. The zero-order chi connectivity index (χ0) is 15.8. The molecule has 0 atom stereocenters. The number of benzene rings is 1. The molecule has 0 radical (unpaired) electrons. The molecular formula is C15H14F3NOS. The van der Waals surface area contributed by atoms with E-state index in [2.05, 4.69) is 4.98 Å². The van der Waals surface area contributed by atoms with Gasteiger partial charge in [0.15, 0.2) is 0 Å². The van der Waals surface area contributed by atoms with Gasteiger partial charge in [0.05, 0.1) is 18.4 Å². The zero-order valence-corrected chi connectivity index (χ0v) is 12.6. The van der Waals surface area contributed by atoms with E-state index in [0.717, 1.165) is 23.3 Å². The number of hydrogen-bond donors (Lipinski definition) is 1. The number of H-pyrrole nitrogens is 1. The van der Waals surface area contributed by atoms with Gasteiger partial charge in [-0.15, -0.1) is 0 Å². The van der Waals surface area contributed by atoms with Crippen molar-refractivity contribution < 1.29 is 17.9 Å². The molecule has 0 saturated heterocycles. The van der Waals surface area contributed by atoms with E-state index in [0.29, 0.717) is 17.0 Å².